The number of alkyl halides is 2. The molecular weight excluding hydrogens is 453 g/mol. The number of likely N-dealkylation sites (tertiary alicyclic amines) is 2. The van der Waals surface area contributed by atoms with Gasteiger partial charge in [-0.15, -0.1) is 0 Å². The van der Waals surface area contributed by atoms with Crippen molar-refractivity contribution in [1.82, 2.24) is 9.80 Å². The Morgan fingerprint density at radius 2 is 1.85 bits per heavy atom. The maximum Gasteiger partial charge on any atom is 0.274 e. The summed E-state index contributed by atoms with van der Waals surface area (Å²) in [6.45, 7) is 7.19. The van der Waals surface area contributed by atoms with Crippen LogP contribution in [-0.4, -0.2) is 53.7 Å². The Morgan fingerprint density at radius 3 is 2.45 bits per heavy atom. The highest BCUT2D eigenvalue weighted by atomic mass is 35.5. The molecule has 2 atom stereocenters. The molecule has 1 aliphatic carbocycles. The Morgan fingerprint density at radius 1 is 1.15 bits per heavy atom. The summed E-state index contributed by atoms with van der Waals surface area (Å²) < 4.78 is 44.1. The zero-order valence-corrected chi connectivity index (χ0v) is 19.8. The predicted molar refractivity (Wildman–Crippen MR) is 121 cm³/mol. The minimum absolute atomic E-state index is 0.0156. The lowest BCUT2D eigenvalue weighted by Gasteiger charge is -2.57. The molecule has 4 rings (SSSR count). The molecule has 2 aliphatic heterocycles. The van der Waals surface area contributed by atoms with Crippen molar-refractivity contribution in [2.45, 2.75) is 51.4 Å². The van der Waals surface area contributed by atoms with Crippen LogP contribution in [0.3, 0.4) is 0 Å². The van der Waals surface area contributed by atoms with E-state index < -0.39 is 29.6 Å². The minimum atomic E-state index is -3.09. The van der Waals surface area contributed by atoms with Crippen LogP contribution in [0.1, 0.15) is 51.0 Å². The highest BCUT2D eigenvalue weighted by Gasteiger charge is 2.64. The minimum Gasteiger partial charge on any atom is -0.337 e. The fourth-order valence-electron chi connectivity index (χ4n) is 5.81. The first-order valence-electron chi connectivity index (χ1n) is 11.4. The number of rotatable bonds is 3. The van der Waals surface area contributed by atoms with E-state index in [1.807, 2.05) is 0 Å². The molecule has 4 nitrogen and oxygen atoms in total. The Kier molecular flexibility index (Phi) is 6.09. The predicted octanol–water partition coefficient (Wildman–Crippen LogP) is 5.27. The summed E-state index contributed by atoms with van der Waals surface area (Å²) in [5, 5.41) is 0.264. The van der Waals surface area contributed by atoms with E-state index in [1.54, 1.807) is 6.07 Å². The van der Waals surface area contributed by atoms with Crippen LogP contribution in [0, 0.1) is 22.6 Å². The van der Waals surface area contributed by atoms with Crippen LogP contribution in [0.4, 0.5) is 13.2 Å². The second-order valence-electron chi connectivity index (χ2n) is 10.7. The van der Waals surface area contributed by atoms with Crippen molar-refractivity contribution >= 4 is 23.4 Å². The quantitative estimate of drug-likeness (QED) is 0.550. The average Bonchev–Trinajstić information content (AvgIpc) is 2.70. The van der Waals surface area contributed by atoms with Crippen molar-refractivity contribution in [2.75, 3.05) is 26.2 Å². The first-order valence-corrected chi connectivity index (χ1v) is 11.8. The monoisotopic (exact) mass is 482 g/mol. The van der Waals surface area contributed by atoms with Gasteiger partial charge >= 0.3 is 0 Å². The van der Waals surface area contributed by atoms with Gasteiger partial charge in [0.2, 0.25) is 11.8 Å². The van der Waals surface area contributed by atoms with Crippen molar-refractivity contribution in [3.05, 3.63) is 47.3 Å². The summed E-state index contributed by atoms with van der Waals surface area (Å²) in [6.07, 6.45) is 3.31. The number of halogens is 4. The van der Waals surface area contributed by atoms with E-state index in [9.17, 15) is 14.0 Å². The van der Waals surface area contributed by atoms with Gasteiger partial charge in [0.15, 0.2) is 0 Å². The Balaban J connectivity index is 1.53. The van der Waals surface area contributed by atoms with Gasteiger partial charge < -0.3 is 9.80 Å². The number of hydrogen-bond donors (Lipinski definition) is 0. The van der Waals surface area contributed by atoms with Gasteiger partial charge in [0.1, 0.15) is 5.82 Å². The van der Waals surface area contributed by atoms with E-state index >= 15 is 8.78 Å². The Bertz CT molecular complexity index is 974. The molecule has 1 aromatic rings. The molecule has 2 amide bonds. The van der Waals surface area contributed by atoms with E-state index in [-0.39, 0.29) is 54.2 Å². The molecular formula is C25H30ClF3N2O2. The van der Waals surface area contributed by atoms with Crippen LogP contribution in [0.2, 0.25) is 5.02 Å². The zero-order chi connectivity index (χ0) is 24.2. The lowest BCUT2D eigenvalue weighted by molar-refractivity contribution is -0.223. The third kappa shape index (κ3) is 4.29. The molecule has 0 unspecified atom stereocenters. The van der Waals surface area contributed by atoms with Crippen molar-refractivity contribution in [1.29, 1.82) is 0 Å². The maximum atomic E-state index is 15.3. The lowest BCUT2D eigenvalue weighted by Crippen LogP contribution is -2.71. The van der Waals surface area contributed by atoms with Crippen LogP contribution in [0.25, 0.3) is 0 Å². The SMILES string of the molecule is C=CC(=O)N1CC2(CCN(C(=O)[C@H]3CCC(C)(C)C[C@@H]3c3ccc(F)cc3Cl)CC2(F)F)C1. The second-order valence-corrected chi connectivity index (χ2v) is 11.1. The molecule has 3 fully saturated rings. The van der Waals surface area contributed by atoms with Gasteiger partial charge in [-0.05, 0) is 60.8 Å². The Hall–Kier alpha value is -2.02. The topological polar surface area (TPSA) is 40.6 Å². The van der Waals surface area contributed by atoms with Crippen molar-refractivity contribution in [2.24, 2.45) is 16.7 Å². The van der Waals surface area contributed by atoms with E-state index in [0.717, 1.165) is 12.5 Å². The number of nitrogens with zero attached hydrogens (tertiary/aromatic N) is 2. The summed E-state index contributed by atoms with van der Waals surface area (Å²) in [6, 6.07) is 4.19. The molecule has 3 aliphatic rings. The van der Waals surface area contributed by atoms with Crippen LogP contribution in [0.15, 0.2) is 30.9 Å². The third-order valence-corrected chi connectivity index (χ3v) is 8.21. The number of hydrogen-bond acceptors (Lipinski definition) is 2. The largest absolute Gasteiger partial charge is 0.337 e. The molecule has 8 heteroatoms. The van der Waals surface area contributed by atoms with Crippen LogP contribution >= 0.6 is 11.6 Å². The number of carbonyl (C=O) groups is 2. The van der Waals surface area contributed by atoms with Gasteiger partial charge in [-0.2, -0.15) is 0 Å². The summed E-state index contributed by atoms with van der Waals surface area (Å²) >= 11 is 6.35. The fraction of sp³-hybridized carbons (Fsp3) is 0.600. The highest BCUT2D eigenvalue weighted by molar-refractivity contribution is 6.31. The number of carbonyl (C=O) groups excluding carboxylic acids is 2. The summed E-state index contributed by atoms with van der Waals surface area (Å²) in [4.78, 5) is 28.0. The van der Waals surface area contributed by atoms with Crippen LogP contribution < -0.4 is 0 Å². The summed E-state index contributed by atoms with van der Waals surface area (Å²) in [7, 11) is 0. The Labute approximate surface area is 197 Å². The lowest BCUT2D eigenvalue weighted by atomic mass is 9.64. The van der Waals surface area contributed by atoms with Gasteiger partial charge in [-0.3, -0.25) is 9.59 Å². The molecule has 1 spiro atoms. The second kappa shape index (κ2) is 8.33. The normalized spacial score (nSPS) is 27.7. The first kappa shape index (κ1) is 24.1. The van der Waals surface area contributed by atoms with Crippen LogP contribution in [-0.2, 0) is 9.59 Å². The maximum absolute atomic E-state index is 15.3. The first-order chi connectivity index (χ1) is 15.4. The van der Waals surface area contributed by atoms with E-state index in [1.165, 1.54) is 21.9 Å². The van der Waals surface area contributed by atoms with Gasteiger partial charge in [0.05, 0.1) is 12.0 Å². The van der Waals surface area contributed by atoms with Gasteiger partial charge in [0, 0.05) is 30.6 Å². The summed E-state index contributed by atoms with van der Waals surface area (Å²) in [5.74, 6) is -4.92. The standard InChI is InChI=1S/C25H30ClF3N2O2/c1-4-21(32)31-13-24(14-31)9-10-30(15-25(24,28)29)22(33)18-7-8-23(2,3)12-19(18)17-6-5-16(27)11-20(17)26/h4-6,11,18-19H,1,7-10,12-15H2,2-3H3/t18-,19+/m0/s1. The van der Waals surface area contributed by atoms with E-state index in [0.29, 0.717) is 18.4 Å². The van der Waals surface area contributed by atoms with E-state index in [2.05, 4.69) is 20.4 Å². The van der Waals surface area contributed by atoms with Crippen molar-refractivity contribution < 1.29 is 22.8 Å². The molecule has 0 aromatic heterocycles. The molecule has 1 aromatic carbocycles. The summed E-state index contributed by atoms with van der Waals surface area (Å²) in [5.41, 5.74) is -0.624. The molecule has 0 bridgehead atoms. The smallest absolute Gasteiger partial charge is 0.274 e. The number of piperidine rings is 1. The number of amides is 2. The third-order valence-electron chi connectivity index (χ3n) is 7.88. The molecule has 1 saturated carbocycles. The van der Waals surface area contributed by atoms with Crippen molar-refractivity contribution in [3.8, 4) is 0 Å². The fourth-order valence-corrected chi connectivity index (χ4v) is 6.12. The van der Waals surface area contributed by atoms with Gasteiger partial charge in [-0.25, -0.2) is 13.2 Å². The van der Waals surface area contributed by atoms with Gasteiger partial charge in [0.25, 0.3) is 5.92 Å². The molecule has 2 heterocycles. The zero-order valence-electron chi connectivity index (χ0n) is 19.1. The molecule has 0 radical (unpaired) electrons. The molecule has 33 heavy (non-hydrogen) atoms. The van der Waals surface area contributed by atoms with Gasteiger partial charge in [-0.1, -0.05) is 38.1 Å². The molecule has 2 saturated heterocycles. The van der Waals surface area contributed by atoms with Crippen molar-refractivity contribution in [3.63, 3.8) is 0 Å². The average molecular weight is 483 g/mol. The van der Waals surface area contributed by atoms with E-state index in [4.69, 9.17) is 11.6 Å². The van der Waals surface area contributed by atoms with Crippen LogP contribution in [0.5, 0.6) is 0 Å². The highest BCUT2D eigenvalue weighted by Crippen LogP contribution is 2.52. The number of benzene rings is 1. The molecule has 0 N–H and O–H groups in total. The molecule has 180 valence electrons.